The summed E-state index contributed by atoms with van der Waals surface area (Å²) in [6.45, 7) is 14.4. The zero-order chi connectivity index (χ0) is 12.2. The quantitative estimate of drug-likeness (QED) is 0.300. The topological polar surface area (TPSA) is 34.1 Å². The van der Waals surface area contributed by atoms with Crippen LogP contribution in [0.5, 0.6) is 0 Å². The molecule has 0 aromatic rings. The van der Waals surface area contributed by atoms with Crippen molar-refractivity contribution in [1.82, 2.24) is 0 Å². The smallest absolute Gasteiger partial charge is 0.177 e. The van der Waals surface area contributed by atoms with Gasteiger partial charge in [0, 0.05) is 0 Å². The number of hydrogen-bond donors (Lipinski definition) is 0. The highest BCUT2D eigenvalue weighted by molar-refractivity contribution is 6.10. The first-order chi connectivity index (χ1) is 6.78. The second-order valence-electron chi connectivity index (χ2n) is 4.07. The van der Waals surface area contributed by atoms with Crippen LogP contribution < -0.4 is 0 Å². The molecule has 15 heavy (non-hydrogen) atoms. The van der Waals surface area contributed by atoms with Gasteiger partial charge in [0.05, 0.1) is 0 Å². The second kappa shape index (κ2) is 4.87. The van der Waals surface area contributed by atoms with E-state index in [1.165, 1.54) is 6.08 Å². The Bertz CT molecular complexity index is 328. The van der Waals surface area contributed by atoms with E-state index < -0.39 is 5.41 Å². The summed E-state index contributed by atoms with van der Waals surface area (Å²) in [5.74, 6) is -0.266. The minimum absolute atomic E-state index is 0.266. The van der Waals surface area contributed by atoms with Gasteiger partial charge in [-0.2, -0.15) is 0 Å². The number of carbonyl (C=O) groups excluding carboxylic acids is 2. The van der Waals surface area contributed by atoms with Gasteiger partial charge in [0.25, 0.3) is 0 Å². The summed E-state index contributed by atoms with van der Waals surface area (Å²) in [6.07, 6.45) is 2.08. The molecule has 0 N–H and O–H groups in total. The van der Waals surface area contributed by atoms with E-state index in [4.69, 9.17) is 0 Å². The van der Waals surface area contributed by atoms with Crippen LogP contribution in [0.2, 0.25) is 0 Å². The monoisotopic (exact) mass is 206 g/mol. The van der Waals surface area contributed by atoms with Gasteiger partial charge in [0.15, 0.2) is 5.78 Å². The third-order valence-electron chi connectivity index (χ3n) is 2.33. The maximum Gasteiger partial charge on any atom is 0.177 e. The van der Waals surface area contributed by atoms with Crippen LogP contribution in [0, 0.1) is 5.41 Å². The SMILES string of the molecule is C=C(C)C(C=O)(C(=C)C)C(=O)C=C(C)C. The number of rotatable bonds is 5. The van der Waals surface area contributed by atoms with Crippen LogP contribution >= 0.6 is 0 Å². The summed E-state index contributed by atoms with van der Waals surface area (Å²) < 4.78 is 0. The molecule has 0 radical (unpaired) electrons. The Hall–Kier alpha value is -1.44. The van der Waals surface area contributed by atoms with Gasteiger partial charge in [-0.25, -0.2) is 0 Å². The van der Waals surface area contributed by atoms with E-state index in [-0.39, 0.29) is 5.78 Å². The minimum Gasteiger partial charge on any atom is -0.302 e. The van der Waals surface area contributed by atoms with Gasteiger partial charge in [0.1, 0.15) is 11.7 Å². The van der Waals surface area contributed by atoms with E-state index in [2.05, 4.69) is 13.2 Å². The van der Waals surface area contributed by atoms with Crippen LogP contribution in [0.4, 0.5) is 0 Å². The highest BCUT2D eigenvalue weighted by Crippen LogP contribution is 2.33. The summed E-state index contributed by atoms with van der Waals surface area (Å²) in [5.41, 5.74) is 0.616. The molecule has 0 amide bonds. The molecule has 0 aliphatic carbocycles. The van der Waals surface area contributed by atoms with E-state index in [0.29, 0.717) is 17.4 Å². The summed E-state index contributed by atoms with van der Waals surface area (Å²) in [6, 6.07) is 0. The third kappa shape index (κ3) is 2.52. The Morgan fingerprint density at radius 1 is 1.07 bits per heavy atom. The van der Waals surface area contributed by atoms with E-state index in [1.807, 2.05) is 13.8 Å². The summed E-state index contributed by atoms with van der Waals surface area (Å²) >= 11 is 0. The van der Waals surface area contributed by atoms with Crippen LogP contribution in [-0.4, -0.2) is 12.1 Å². The second-order valence-corrected chi connectivity index (χ2v) is 4.07. The fraction of sp³-hybridized carbons (Fsp3) is 0.385. The van der Waals surface area contributed by atoms with Crippen LogP contribution in [0.3, 0.4) is 0 Å². The van der Waals surface area contributed by atoms with Gasteiger partial charge in [-0.15, -0.1) is 0 Å². The zero-order valence-corrected chi connectivity index (χ0v) is 9.89. The normalized spacial score (nSPS) is 10.4. The van der Waals surface area contributed by atoms with Crippen molar-refractivity contribution in [3.63, 3.8) is 0 Å². The number of ketones is 1. The molecule has 2 heteroatoms. The fourth-order valence-electron chi connectivity index (χ4n) is 1.42. The summed E-state index contributed by atoms with van der Waals surface area (Å²) in [4.78, 5) is 23.1. The summed E-state index contributed by atoms with van der Waals surface area (Å²) in [7, 11) is 0. The van der Waals surface area contributed by atoms with Crippen molar-refractivity contribution in [2.75, 3.05) is 0 Å². The zero-order valence-electron chi connectivity index (χ0n) is 9.89. The molecule has 2 nitrogen and oxygen atoms in total. The highest BCUT2D eigenvalue weighted by atomic mass is 16.1. The average molecular weight is 206 g/mol. The molecule has 0 aromatic carbocycles. The molecule has 0 rings (SSSR count). The Kier molecular flexibility index (Phi) is 4.40. The first-order valence-electron chi connectivity index (χ1n) is 4.76. The number of aldehydes is 1. The largest absolute Gasteiger partial charge is 0.302 e. The third-order valence-corrected chi connectivity index (χ3v) is 2.33. The highest BCUT2D eigenvalue weighted by Gasteiger charge is 2.38. The lowest BCUT2D eigenvalue weighted by atomic mass is 9.73. The molecule has 0 saturated heterocycles. The molecule has 0 atom stereocenters. The van der Waals surface area contributed by atoms with Crippen molar-refractivity contribution in [3.05, 3.63) is 36.0 Å². The number of allylic oxidation sites excluding steroid dienone is 4. The predicted octanol–water partition coefficient (Wildman–Crippen LogP) is 2.86. The van der Waals surface area contributed by atoms with Gasteiger partial charge in [0.2, 0.25) is 0 Å². The van der Waals surface area contributed by atoms with E-state index >= 15 is 0 Å². The van der Waals surface area contributed by atoms with Crippen molar-refractivity contribution < 1.29 is 9.59 Å². The lowest BCUT2D eigenvalue weighted by Crippen LogP contribution is -2.33. The molecule has 0 saturated carbocycles. The molecule has 0 bridgehead atoms. The fourth-order valence-corrected chi connectivity index (χ4v) is 1.42. The minimum atomic E-state index is -1.25. The molecule has 0 heterocycles. The Morgan fingerprint density at radius 3 is 1.67 bits per heavy atom. The van der Waals surface area contributed by atoms with E-state index in [0.717, 1.165) is 5.57 Å². The van der Waals surface area contributed by atoms with Crippen molar-refractivity contribution in [1.29, 1.82) is 0 Å². The molecule has 0 unspecified atom stereocenters. The Morgan fingerprint density at radius 2 is 1.47 bits per heavy atom. The van der Waals surface area contributed by atoms with Gasteiger partial charge >= 0.3 is 0 Å². The lowest BCUT2D eigenvalue weighted by molar-refractivity contribution is -0.126. The molecular formula is C13H18O2. The van der Waals surface area contributed by atoms with E-state index in [1.54, 1.807) is 13.8 Å². The Balaban J connectivity index is 5.57. The van der Waals surface area contributed by atoms with Crippen molar-refractivity contribution in [2.45, 2.75) is 27.7 Å². The maximum absolute atomic E-state index is 12.0. The van der Waals surface area contributed by atoms with Crippen molar-refractivity contribution in [3.8, 4) is 0 Å². The van der Waals surface area contributed by atoms with Gasteiger partial charge in [-0.3, -0.25) is 4.79 Å². The van der Waals surface area contributed by atoms with Gasteiger partial charge in [-0.1, -0.05) is 29.9 Å². The Labute approximate surface area is 91.4 Å². The van der Waals surface area contributed by atoms with Crippen LogP contribution in [0.25, 0.3) is 0 Å². The van der Waals surface area contributed by atoms with Crippen LogP contribution in [-0.2, 0) is 9.59 Å². The molecule has 0 aliphatic heterocycles. The number of hydrogen-bond acceptors (Lipinski definition) is 2. The molecular weight excluding hydrogens is 188 g/mol. The van der Waals surface area contributed by atoms with Crippen LogP contribution in [0.15, 0.2) is 36.0 Å². The molecule has 0 aliphatic rings. The average Bonchev–Trinajstić information content (AvgIpc) is 2.02. The maximum atomic E-state index is 12.0. The first kappa shape index (κ1) is 13.6. The predicted molar refractivity (Wildman–Crippen MR) is 62.6 cm³/mol. The lowest BCUT2D eigenvalue weighted by Gasteiger charge is -2.26. The molecule has 0 aromatic heterocycles. The molecule has 0 spiro atoms. The van der Waals surface area contributed by atoms with Crippen molar-refractivity contribution in [2.24, 2.45) is 5.41 Å². The van der Waals surface area contributed by atoms with Gasteiger partial charge in [-0.05, 0) is 33.8 Å². The van der Waals surface area contributed by atoms with Gasteiger partial charge < -0.3 is 4.79 Å². The van der Waals surface area contributed by atoms with Crippen molar-refractivity contribution >= 4 is 12.1 Å². The number of carbonyl (C=O) groups is 2. The van der Waals surface area contributed by atoms with E-state index in [9.17, 15) is 9.59 Å². The first-order valence-corrected chi connectivity index (χ1v) is 4.76. The van der Waals surface area contributed by atoms with Crippen LogP contribution in [0.1, 0.15) is 27.7 Å². The summed E-state index contributed by atoms with van der Waals surface area (Å²) in [5, 5.41) is 0. The molecule has 82 valence electrons. The molecule has 0 fully saturated rings. The standard InChI is InChI=1S/C13H18O2/c1-9(2)7-12(15)13(8-14,10(3)4)11(5)6/h7-8H,3,5H2,1-2,4,6H3.